The fourth-order valence-corrected chi connectivity index (χ4v) is 3.25. The Morgan fingerprint density at radius 3 is 2.13 bits per heavy atom. The van der Waals surface area contributed by atoms with E-state index in [9.17, 15) is 4.79 Å². The summed E-state index contributed by atoms with van der Waals surface area (Å²) in [5.41, 5.74) is 3.08. The van der Waals surface area contributed by atoms with Crippen LogP contribution >= 0.6 is 0 Å². The van der Waals surface area contributed by atoms with E-state index in [2.05, 4.69) is 55.7 Å². The molecule has 0 saturated carbocycles. The molecular formula is C25H36N4O. The molecule has 2 aromatic rings. The molecule has 0 saturated heterocycles. The lowest BCUT2D eigenvalue weighted by Gasteiger charge is -2.26. The minimum atomic E-state index is -0.0100. The van der Waals surface area contributed by atoms with Crippen molar-refractivity contribution in [3.8, 4) is 0 Å². The van der Waals surface area contributed by atoms with Gasteiger partial charge in [0.15, 0.2) is 5.96 Å². The van der Waals surface area contributed by atoms with Crippen LogP contribution < -0.4 is 10.6 Å². The molecule has 5 nitrogen and oxygen atoms in total. The predicted octanol–water partition coefficient (Wildman–Crippen LogP) is 4.20. The maximum Gasteiger partial charge on any atom is 0.253 e. The summed E-state index contributed by atoms with van der Waals surface area (Å²) < 4.78 is 0. The molecule has 30 heavy (non-hydrogen) atoms. The second-order valence-corrected chi connectivity index (χ2v) is 7.97. The summed E-state index contributed by atoms with van der Waals surface area (Å²) in [6.45, 7) is 14.1. The molecule has 2 aromatic carbocycles. The Labute approximate surface area is 181 Å². The number of hydrogen-bond acceptors (Lipinski definition) is 2. The van der Waals surface area contributed by atoms with Crippen LogP contribution in [0.25, 0.3) is 0 Å². The number of amides is 1. The lowest BCUT2D eigenvalue weighted by Crippen LogP contribution is -2.43. The molecule has 5 heteroatoms. The molecule has 0 aliphatic heterocycles. The van der Waals surface area contributed by atoms with Crippen LogP contribution in [0.5, 0.6) is 0 Å². The number of nitrogens with one attached hydrogen (secondary N) is 2. The van der Waals surface area contributed by atoms with Crippen LogP contribution in [-0.2, 0) is 12.0 Å². The highest BCUT2D eigenvalue weighted by Crippen LogP contribution is 2.21. The number of benzene rings is 2. The Balaban J connectivity index is 2.01. The Kier molecular flexibility index (Phi) is 8.90. The van der Waals surface area contributed by atoms with E-state index in [-0.39, 0.29) is 11.3 Å². The SMILES string of the molecule is CCNC(=NCc1ccc(C(=O)N(CC)CC)cc1)NCC(C)(C)c1ccccc1. The smallest absolute Gasteiger partial charge is 0.253 e. The van der Waals surface area contributed by atoms with Gasteiger partial charge in [0.2, 0.25) is 0 Å². The van der Waals surface area contributed by atoms with Crippen molar-refractivity contribution in [2.45, 2.75) is 46.6 Å². The van der Waals surface area contributed by atoms with Gasteiger partial charge in [-0.1, -0.05) is 56.3 Å². The molecule has 0 aliphatic carbocycles. The number of rotatable bonds is 9. The maximum absolute atomic E-state index is 12.4. The third-order valence-electron chi connectivity index (χ3n) is 5.27. The van der Waals surface area contributed by atoms with Crippen molar-refractivity contribution in [3.63, 3.8) is 0 Å². The highest BCUT2D eigenvalue weighted by molar-refractivity contribution is 5.94. The van der Waals surface area contributed by atoms with Crippen LogP contribution in [0.4, 0.5) is 0 Å². The first-order valence-corrected chi connectivity index (χ1v) is 10.9. The fourth-order valence-electron chi connectivity index (χ4n) is 3.25. The lowest BCUT2D eigenvalue weighted by atomic mass is 9.85. The zero-order valence-electron chi connectivity index (χ0n) is 19.0. The molecule has 0 unspecified atom stereocenters. The van der Waals surface area contributed by atoms with Crippen molar-refractivity contribution < 1.29 is 4.79 Å². The van der Waals surface area contributed by atoms with E-state index in [0.717, 1.165) is 43.3 Å². The van der Waals surface area contributed by atoms with Crippen molar-refractivity contribution in [2.75, 3.05) is 26.2 Å². The van der Waals surface area contributed by atoms with Crippen molar-refractivity contribution in [1.82, 2.24) is 15.5 Å². The maximum atomic E-state index is 12.4. The first-order valence-electron chi connectivity index (χ1n) is 10.9. The van der Waals surface area contributed by atoms with Gasteiger partial charge in [0.1, 0.15) is 0 Å². The third-order valence-corrected chi connectivity index (χ3v) is 5.27. The number of guanidine groups is 1. The van der Waals surface area contributed by atoms with E-state index in [1.54, 1.807) is 0 Å². The molecule has 2 rings (SSSR count). The van der Waals surface area contributed by atoms with Crippen LogP contribution in [0.1, 0.15) is 56.1 Å². The summed E-state index contributed by atoms with van der Waals surface area (Å²) in [5, 5.41) is 6.78. The van der Waals surface area contributed by atoms with Gasteiger partial charge in [0.05, 0.1) is 6.54 Å². The van der Waals surface area contributed by atoms with E-state index in [1.807, 2.05) is 49.1 Å². The second kappa shape index (κ2) is 11.4. The third kappa shape index (κ3) is 6.61. The van der Waals surface area contributed by atoms with E-state index in [4.69, 9.17) is 4.99 Å². The van der Waals surface area contributed by atoms with Crippen LogP contribution in [0.3, 0.4) is 0 Å². The number of carbonyl (C=O) groups is 1. The summed E-state index contributed by atoms with van der Waals surface area (Å²) in [6, 6.07) is 18.3. The average molecular weight is 409 g/mol. The zero-order valence-corrected chi connectivity index (χ0v) is 19.0. The zero-order chi connectivity index (χ0) is 22.0. The first-order chi connectivity index (χ1) is 14.4. The van der Waals surface area contributed by atoms with E-state index >= 15 is 0 Å². The van der Waals surface area contributed by atoms with Crippen LogP contribution in [-0.4, -0.2) is 42.9 Å². The molecule has 0 radical (unpaired) electrons. The first kappa shape index (κ1) is 23.5. The number of aliphatic imine (C=N–C) groups is 1. The minimum Gasteiger partial charge on any atom is -0.357 e. The Bertz CT molecular complexity index is 809. The van der Waals surface area contributed by atoms with E-state index < -0.39 is 0 Å². The topological polar surface area (TPSA) is 56.7 Å². The molecule has 162 valence electrons. The summed E-state index contributed by atoms with van der Waals surface area (Å²) >= 11 is 0. The Hall–Kier alpha value is -2.82. The summed E-state index contributed by atoms with van der Waals surface area (Å²) in [5.74, 6) is 0.873. The van der Waals surface area contributed by atoms with Gasteiger partial charge in [-0.05, 0) is 44.0 Å². The standard InChI is InChI=1S/C25H36N4O/c1-6-26-24(28-19-25(4,5)22-12-10-9-11-13-22)27-18-20-14-16-21(17-15-20)23(30)29(7-2)8-3/h9-17H,6-8,18-19H2,1-5H3,(H2,26,27,28). The van der Waals surface area contributed by atoms with Crippen molar-refractivity contribution >= 4 is 11.9 Å². The van der Waals surface area contributed by atoms with E-state index in [0.29, 0.717) is 6.54 Å². The number of nitrogens with zero attached hydrogens (tertiary/aromatic N) is 2. The minimum absolute atomic E-state index is 0.0100. The van der Waals surface area contributed by atoms with Gasteiger partial charge in [-0.15, -0.1) is 0 Å². The van der Waals surface area contributed by atoms with Gasteiger partial charge < -0.3 is 15.5 Å². The summed E-state index contributed by atoms with van der Waals surface area (Å²) in [7, 11) is 0. The van der Waals surface area contributed by atoms with Gasteiger partial charge in [-0.25, -0.2) is 4.99 Å². The van der Waals surface area contributed by atoms with Crippen molar-refractivity contribution in [1.29, 1.82) is 0 Å². The average Bonchev–Trinajstić information content (AvgIpc) is 2.77. The molecular weight excluding hydrogens is 372 g/mol. The molecule has 0 atom stereocenters. The van der Waals surface area contributed by atoms with Crippen LogP contribution in [0.2, 0.25) is 0 Å². The highest BCUT2D eigenvalue weighted by atomic mass is 16.2. The summed E-state index contributed by atoms with van der Waals surface area (Å²) in [6.07, 6.45) is 0. The molecule has 0 spiro atoms. The van der Waals surface area contributed by atoms with Crippen LogP contribution in [0.15, 0.2) is 59.6 Å². The molecule has 2 N–H and O–H groups in total. The highest BCUT2D eigenvalue weighted by Gasteiger charge is 2.20. The Morgan fingerprint density at radius 1 is 0.933 bits per heavy atom. The van der Waals surface area contributed by atoms with Crippen molar-refractivity contribution in [2.24, 2.45) is 4.99 Å². The fraction of sp³-hybridized carbons (Fsp3) is 0.440. The van der Waals surface area contributed by atoms with Gasteiger partial charge in [0, 0.05) is 37.2 Å². The molecule has 0 bridgehead atoms. The molecule has 0 aliphatic rings. The quantitative estimate of drug-likeness (QED) is 0.483. The van der Waals surface area contributed by atoms with E-state index in [1.165, 1.54) is 5.56 Å². The normalized spacial score (nSPS) is 11.8. The predicted molar refractivity (Wildman–Crippen MR) is 126 cm³/mol. The monoisotopic (exact) mass is 408 g/mol. The second-order valence-electron chi connectivity index (χ2n) is 7.97. The Morgan fingerprint density at radius 2 is 1.57 bits per heavy atom. The van der Waals surface area contributed by atoms with Crippen molar-refractivity contribution in [3.05, 3.63) is 71.3 Å². The lowest BCUT2D eigenvalue weighted by molar-refractivity contribution is 0.0773. The summed E-state index contributed by atoms with van der Waals surface area (Å²) in [4.78, 5) is 19.0. The molecule has 1 amide bonds. The van der Waals surface area contributed by atoms with Gasteiger partial charge >= 0.3 is 0 Å². The van der Waals surface area contributed by atoms with Gasteiger partial charge in [-0.2, -0.15) is 0 Å². The van der Waals surface area contributed by atoms with Crippen LogP contribution in [0, 0.1) is 0 Å². The number of hydrogen-bond donors (Lipinski definition) is 2. The largest absolute Gasteiger partial charge is 0.357 e. The molecule has 0 aromatic heterocycles. The van der Waals surface area contributed by atoms with Gasteiger partial charge in [0.25, 0.3) is 5.91 Å². The molecule has 0 fully saturated rings. The van der Waals surface area contributed by atoms with Gasteiger partial charge in [-0.3, -0.25) is 4.79 Å². The number of carbonyl (C=O) groups excluding carboxylic acids is 1. The molecule has 0 heterocycles.